The van der Waals surface area contributed by atoms with E-state index in [2.05, 4.69) is 15.5 Å². The average Bonchev–Trinajstić information content (AvgIpc) is 3.25. The number of nitrogens with zero attached hydrogens (tertiary/aromatic N) is 2. The quantitative estimate of drug-likeness (QED) is 0.842. The van der Waals surface area contributed by atoms with Crippen molar-refractivity contribution in [1.29, 1.82) is 0 Å². The number of carbonyl (C=O) groups is 1. The molecular weight excluding hydrogens is 317 g/mol. The fourth-order valence-electron chi connectivity index (χ4n) is 2.02. The molecule has 0 aliphatic heterocycles. The van der Waals surface area contributed by atoms with Crippen LogP contribution in [0.5, 0.6) is 0 Å². The van der Waals surface area contributed by atoms with Crippen molar-refractivity contribution in [3.63, 3.8) is 0 Å². The molecule has 1 fully saturated rings. The van der Waals surface area contributed by atoms with E-state index in [-0.39, 0.29) is 11.7 Å². The fraction of sp³-hybridized carbons (Fsp3) is 0.438. The first kappa shape index (κ1) is 16.0. The first-order chi connectivity index (χ1) is 11.1. The van der Waals surface area contributed by atoms with Gasteiger partial charge >= 0.3 is 0 Å². The Morgan fingerprint density at radius 2 is 2.30 bits per heavy atom. The second-order valence-electron chi connectivity index (χ2n) is 5.72. The maximum absolute atomic E-state index is 13.6. The summed E-state index contributed by atoms with van der Waals surface area (Å²) >= 11 is 1.42. The van der Waals surface area contributed by atoms with Crippen LogP contribution in [0.25, 0.3) is 11.4 Å². The molecule has 0 atom stereocenters. The van der Waals surface area contributed by atoms with E-state index in [1.165, 1.54) is 30.7 Å². The highest BCUT2D eigenvalue weighted by Gasteiger charge is 2.21. The van der Waals surface area contributed by atoms with E-state index in [0.29, 0.717) is 40.3 Å². The lowest BCUT2D eigenvalue weighted by molar-refractivity contribution is -0.118. The van der Waals surface area contributed by atoms with Gasteiger partial charge in [-0.25, -0.2) is 4.39 Å². The first-order valence-corrected chi connectivity index (χ1v) is 8.71. The third kappa shape index (κ3) is 4.54. The number of hydrogen-bond donors (Lipinski definition) is 1. The molecule has 0 spiro atoms. The van der Waals surface area contributed by atoms with Gasteiger partial charge in [0.2, 0.25) is 17.6 Å². The molecule has 23 heavy (non-hydrogen) atoms. The number of carbonyl (C=O) groups excluding carboxylic acids is 1. The van der Waals surface area contributed by atoms with Gasteiger partial charge in [-0.1, -0.05) is 17.3 Å². The van der Waals surface area contributed by atoms with Crippen LogP contribution in [0.3, 0.4) is 0 Å². The maximum Gasteiger partial charge on any atom is 0.236 e. The number of aryl methyl sites for hydroxylation is 1. The molecule has 7 heteroatoms. The Bertz CT molecular complexity index is 700. The molecular formula is C16H18FN3O2S. The van der Waals surface area contributed by atoms with Gasteiger partial charge in [0.1, 0.15) is 5.82 Å². The van der Waals surface area contributed by atoms with Crippen molar-refractivity contribution >= 4 is 17.7 Å². The molecule has 0 bridgehead atoms. The van der Waals surface area contributed by atoms with Crippen molar-refractivity contribution in [2.75, 3.05) is 12.3 Å². The molecule has 1 aliphatic rings. The van der Waals surface area contributed by atoms with Gasteiger partial charge in [-0.2, -0.15) is 4.98 Å². The summed E-state index contributed by atoms with van der Waals surface area (Å²) in [6, 6.07) is 4.83. The minimum Gasteiger partial charge on any atom is -0.355 e. The molecule has 0 saturated heterocycles. The van der Waals surface area contributed by atoms with Crippen LogP contribution in [-0.4, -0.2) is 28.3 Å². The summed E-state index contributed by atoms with van der Waals surface area (Å²) in [5.41, 5.74) is 1.15. The second-order valence-corrected chi connectivity index (χ2v) is 6.70. The van der Waals surface area contributed by atoms with Crippen molar-refractivity contribution in [2.24, 2.45) is 5.92 Å². The third-order valence-corrected chi connectivity index (χ3v) is 4.56. The summed E-state index contributed by atoms with van der Waals surface area (Å²) in [6.07, 6.45) is 2.44. The predicted octanol–water partition coefficient (Wildman–Crippen LogP) is 2.94. The first-order valence-electron chi connectivity index (χ1n) is 7.55. The van der Waals surface area contributed by atoms with Crippen LogP contribution in [-0.2, 0) is 10.5 Å². The predicted molar refractivity (Wildman–Crippen MR) is 86.3 cm³/mol. The second kappa shape index (κ2) is 7.12. The van der Waals surface area contributed by atoms with E-state index in [1.807, 2.05) is 0 Å². The lowest BCUT2D eigenvalue weighted by atomic mass is 10.1. The van der Waals surface area contributed by atoms with Gasteiger partial charge in [0.05, 0.1) is 11.5 Å². The van der Waals surface area contributed by atoms with E-state index in [1.54, 1.807) is 19.1 Å². The largest absolute Gasteiger partial charge is 0.355 e. The van der Waals surface area contributed by atoms with Crippen molar-refractivity contribution in [3.05, 3.63) is 35.5 Å². The minimum atomic E-state index is -0.296. The van der Waals surface area contributed by atoms with Crippen LogP contribution < -0.4 is 5.32 Å². The Kier molecular flexibility index (Phi) is 4.95. The Hall–Kier alpha value is -1.89. The topological polar surface area (TPSA) is 68.0 Å². The molecule has 0 radical (unpaired) electrons. The number of nitrogens with one attached hydrogen (secondary N) is 1. The number of benzene rings is 1. The van der Waals surface area contributed by atoms with E-state index >= 15 is 0 Å². The third-order valence-electron chi connectivity index (χ3n) is 3.64. The zero-order chi connectivity index (χ0) is 16.2. The molecule has 0 unspecified atom stereocenters. The molecule has 1 heterocycles. The van der Waals surface area contributed by atoms with Crippen LogP contribution in [0, 0.1) is 18.7 Å². The fourth-order valence-corrected chi connectivity index (χ4v) is 2.71. The Morgan fingerprint density at radius 3 is 3.04 bits per heavy atom. The molecule has 1 aromatic heterocycles. The SMILES string of the molecule is Cc1ccc(-c2noc(CSCC(=O)NCC3CC3)n2)cc1F. The summed E-state index contributed by atoms with van der Waals surface area (Å²) in [5, 5.41) is 6.76. The minimum absolute atomic E-state index is 0.0299. The van der Waals surface area contributed by atoms with Crippen molar-refractivity contribution in [3.8, 4) is 11.4 Å². The van der Waals surface area contributed by atoms with Crippen molar-refractivity contribution in [1.82, 2.24) is 15.5 Å². The highest BCUT2D eigenvalue weighted by Crippen LogP contribution is 2.27. The lowest BCUT2D eigenvalue weighted by Crippen LogP contribution is -2.27. The zero-order valence-corrected chi connectivity index (χ0v) is 13.7. The van der Waals surface area contributed by atoms with Crippen LogP contribution in [0.2, 0.25) is 0 Å². The molecule has 1 aromatic carbocycles. The molecule has 1 N–H and O–H groups in total. The van der Waals surface area contributed by atoms with E-state index in [4.69, 9.17) is 4.52 Å². The maximum atomic E-state index is 13.6. The van der Waals surface area contributed by atoms with Gasteiger partial charge in [0, 0.05) is 12.1 Å². The summed E-state index contributed by atoms with van der Waals surface area (Å²) in [4.78, 5) is 15.9. The van der Waals surface area contributed by atoms with E-state index < -0.39 is 0 Å². The summed E-state index contributed by atoms with van der Waals surface area (Å²) < 4.78 is 18.7. The lowest BCUT2D eigenvalue weighted by Gasteiger charge is -2.02. The molecule has 1 saturated carbocycles. The Balaban J connectivity index is 1.48. The molecule has 5 nitrogen and oxygen atoms in total. The molecule has 3 rings (SSSR count). The smallest absolute Gasteiger partial charge is 0.236 e. The summed E-state index contributed by atoms with van der Waals surface area (Å²) in [6.45, 7) is 2.48. The van der Waals surface area contributed by atoms with Gasteiger partial charge in [-0.3, -0.25) is 4.79 Å². The van der Waals surface area contributed by atoms with Gasteiger partial charge in [-0.05, 0) is 37.3 Å². The Morgan fingerprint density at radius 1 is 1.48 bits per heavy atom. The monoisotopic (exact) mass is 335 g/mol. The number of rotatable bonds is 7. The van der Waals surface area contributed by atoms with Gasteiger partial charge < -0.3 is 9.84 Å². The van der Waals surface area contributed by atoms with Crippen LogP contribution in [0.15, 0.2) is 22.7 Å². The number of thioether (sulfide) groups is 1. The van der Waals surface area contributed by atoms with Crippen molar-refractivity contribution in [2.45, 2.75) is 25.5 Å². The summed E-state index contributed by atoms with van der Waals surface area (Å²) in [5.74, 6) is 2.02. The molecule has 122 valence electrons. The highest BCUT2D eigenvalue weighted by molar-refractivity contribution is 7.99. The highest BCUT2D eigenvalue weighted by atomic mass is 32.2. The molecule has 2 aromatic rings. The Labute approximate surface area is 138 Å². The number of hydrogen-bond acceptors (Lipinski definition) is 5. The van der Waals surface area contributed by atoms with E-state index in [9.17, 15) is 9.18 Å². The van der Waals surface area contributed by atoms with Gasteiger partial charge in [0.15, 0.2) is 0 Å². The normalized spacial score (nSPS) is 14.0. The molecule has 1 aliphatic carbocycles. The standard InChI is InChI=1S/C16H18FN3O2S/c1-10-2-5-12(6-13(10)17)16-19-15(22-20-16)9-23-8-14(21)18-7-11-3-4-11/h2,5-6,11H,3-4,7-9H2,1H3,(H,18,21). The van der Waals surface area contributed by atoms with Gasteiger partial charge in [0.25, 0.3) is 0 Å². The number of aromatic nitrogens is 2. The zero-order valence-electron chi connectivity index (χ0n) is 12.8. The van der Waals surface area contributed by atoms with Crippen molar-refractivity contribution < 1.29 is 13.7 Å². The summed E-state index contributed by atoms with van der Waals surface area (Å²) in [7, 11) is 0. The molecule has 1 amide bonds. The number of amides is 1. The van der Waals surface area contributed by atoms with Gasteiger partial charge in [-0.15, -0.1) is 11.8 Å². The van der Waals surface area contributed by atoms with Crippen LogP contribution in [0.4, 0.5) is 4.39 Å². The number of halogens is 1. The van der Waals surface area contributed by atoms with Crippen LogP contribution >= 0.6 is 11.8 Å². The average molecular weight is 335 g/mol. The van der Waals surface area contributed by atoms with E-state index in [0.717, 1.165) is 6.54 Å². The van der Waals surface area contributed by atoms with Crippen LogP contribution in [0.1, 0.15) is 24.3 Å².